The molecule has 1 saturated heterocycles. The Balaban J connectivity index is 2.12. The van der Waals surface area contributed by atoms with Crippen LogP contribution in [0.5, 0.6) is 0 Å². The molecule has 2 aliphatic heterocycles. The van der Waals surface area contributed by atoms with E-state index in [1.165, 1.54) is 12.1 Å². The molecule has 0 aromatic heterocycles. The molecule has 0 bridgehead atoms. The Bertz CT molecular complexity index is 165. The van der Waals surface area contributed by atoms with Gasteiger partial charge in [0.2, 0.25) is 0 Å². The lowest BCUT2D eigenvalue weighted by Crippen LogP contribution is -2.25. The standard InChI is InChI=1S/C8H13NO/c1-6-4-8-7(9-5-6)2-3-10-8/h6,8H,2-5H2,1H3. The van der Waals surface area contributed by atoms with Gasteiger partial charge in [-0.3, -0.25) is 4.99 Å². The first-order valence-electron chi connectivity index (χ1n) is 4.01. The van der Waals surface area contributed by atoms with Crippen LogP contribution in [-0.2, 0) is 4.74 Å². The Hall–Kier alpha value is -0.370. The molecule has 2 heterocycles. The van der Waals surface area contributed by atoms with Gasteiger partial charge >= 0.3 is 0 Å². The predicted molar refractivity (Wildman–Crippen MR) is 40.4 cm³/mol. The van der Waals surface area contributed by atoms with Crippen molar-refractivity contribution in [3.8, 4) is 0 Å². The maximum Gasteiger partial charge on any atom is 0.0955 e. The molecule has 0 aliphatic carbocycles. The maximum atomic E-state index is 5.50. The van der Waals surface area contributed by atoms with Gasteiger partial charge in [-0.25, -0.2) is 0 Å². The van der Waals surface area contributed by atoms with E-state index in [4.69, 9.17) is 4.74 Å². The second kappa shape index (κ2) is 2.35. The van der Waals surface area contributed by atoms with E-state index in [1.54, 1.807) is 0 Å². The fourth-order valence-corrected chi connectivity index (χ4v) is 1.66. The molecule has 2 heteroatoms. The number of nitrogens with zero attached hydrogens (tertiary/aromatic N) is 1. The zero-order valence-corrected chi connectivity index (χ0v) is 6.34. The Morgan fingerprint density at radius 3 is 3.40 bits per heavy atom. The highest BCUT2D eigenvalue weighted by Crippen LogP contribution is 2.22. The number of rotatable bonds is 0. The quantitative estimate of drug-likeness (QED) is 0.495. The van der Waals surface area contributed by atoms with Crippen LogP contribution in [0.25, 0.3) is 0 Å². The van der Waals surface area contributed by atoms with Crippen LogP contribution in [0.15, 0.2) is 4.99 Å². The number of fused-ring (bicyclic) bond motifs is 1. The summed E-state index contributed by atoms with van der Waals surface area (Å²) in [6.07, 6.45) is 2.67. The lowest BCUT2D eigenvalue weighted by Gasteiger charge is -2.20. The van der Waals surface area contributed by atoms with Gasteiger partial charge in [0, 0.05) is 18.7 Å². The first-order chi connectivity index (χ1) is 4.86. The maximum absolute atomic E-state index is 5.50. The van der Waals surface area contributed by atoms with Gasteiger partial charge in [-0.15, -0.1) is 0 Å². The third-order valence-corrected chi connectivity index (χ3v) is 2.27. The molecule has 2 unspecified atom stereocenters. The monoisotopic (exact) mass is 139 g/mol. The normalized spacial score (nSPS) is 39.1. The minimum atomic E-state index is 0.392. The number of hydrogen-bond donors (Lipinski definition) is 0. The molecule has 0 aromatic carbocycles. The van der Waals surface area contributed by atoms with E-state index in [-0.39, 0.29) is 0 Å². The van der Waals surface area contributed by atoms with E-state index >= 15 is 0 Å². The first kappa shape index (κ1) is 6.35. The van der Waals surface area contributed by atoms with E-state index in [1.807, 2.05) is 0 Å². The van der Waals surface area contributed by atoms with Gasteiger partial charge in [-0.1, -0.05) is 6.92 Å². The molecule has 1 fully saturated rings. The van der Waals surface area contributed by atoms with Gasteiger partial charge in [-0.2, -0.15) is 0 Å². The van der Waals surface area contributed by atoms with Crippen molar-refractivity contribution in [1.82, 2.24) is 0 Å². The number of aliphatic imine (C=N–C) groups is 1. The number of ether oxygens (including phenoxy) is 1. The fourth-order valence-electron chi connectivity index (χ4n) is 1.66. The van der Waals surface area contributed by atoms with Gasteiger partial charge < -0.3 is 4.74 Å². The summed E-state index contributed by atoms with van der Waals surface area (Å²) in [4.78, 5) is 4.46. The topological polar surface area (TPSA) is 21.6 Å². The van der Waals surface area contributed by atoms with E-state index in [9.17, 15) is 0 Å². The van der Waals surface area contributed by atoms with Gasteiger partial charge in [0.1, 0.15) is 0 Å². The van der Waals surface area contributed by atoms with Crippen LogP contribution >= 0.6 is 0 Å². The van der Waals surface area contributed by atoms with Crippen LogP contribution in [0.3, 0.4) is 0 Å². The van der Waals surface area contributed by atoms with Crippen LogP contribution in [0.4, 0.5) is 0 Å². The summed E-state index contributed by atoms with van der Waals surface area (Å²) in [7, 11) is 0. The SMILES string of the molecule is CC1CN=C2CCOC2C1. The highest BCUT2D eigenvalue weighted by molar-refractivity contribution is 5.90. The highest BCUT2D eigenvalue weighted by atomic mass is 16.5. The lowest BCUT2D eigenvalue weighted by molar-refractivity contribution is 0.113. The Morgan fingerprint density at radius 1 is 1.60 bits per heavy atom. The zero-order valence-electron chi connectivity index (χ0n) is 6.34. The summed E-state index contributed by atoms with van der Waals surface area (Å²) < 4.78 is 5.50. The second-order valence-corrected chi connectivity index (χ2v) is 3.28. The third-order valence-electron chi connectivity index (χ3n) is 2.27. The molecule has 2 atom stereocenters. The van der Waals surface area contributed by atoms with Gasteiger partial charge in [0.25, 0.3) is 0 Å². The van der Waals surface area contributed by atoms with Crippen molar-refractivity contribution in [3.63, 3.8) is 0 Å². The van der Waals surface area contributed by atoms with Gasteiger partial charge in [0.05, 0.1) is 12.7 Å². The van der Waals surface area contributed by atoms with Crippen LogP contribution < -0.4 is 0 Å². The smallest absolute Gasteiger partial charge is 0.0955 e. The van der Waals surface area contributed by atoms with Crippen molar-refractivity contribution in [1.29, 1.82) is 0 Å². The number of hydrogen-bond acceptors (Lipinski definition) is 2. The minimum Gasteiger partial charge on any atom is -0.372 e. The van der Waals surface area contributed by atoms with Crippen LogP contribution in [0, 0.1) is 5.92 Å². The van der Waals surface area contributed by atoms with Gasteiger partial charge in [-0.05, 0) is 12.3 Å². The van der Waals surface area contributed by atoms with E-state index in [0.717, 1.165) is 25.5 Å². The van der Waals surface area contributed by atoms with Crippen molar-refractivity contribution >= 4 is 5.71 Å². The molecule has 10 heavy (non-hydrogen) atoms. The zero-order chi connectivity index (χ0) is 6.97. The molecular formula is C8H13NO. The lowest BCUT2D eigenvalue weighted by atomic mass is 9.97. The van der Waals surface area contributed by atoms with Crippen molar-refractivity contribution in [2.45, 2.75) is 25.9 Å². The van der Waals surface area contributed by atoms with Crippen molar-refractivity contribution in [3.05, 3.63) is 0 Å². The summed E-state index contributed by atoms with van der Waals surface area (Å²) in [6, 6.07) is 0. The van der Waals surface area contributed by atoms with E-state index < -0.39 is 0 Å². The molecular weight excluding hydrogens is 126 g/mol. The average Bonchev–Trinajstić information content (AvgIpc) is 2.33. The van der Waals surface area contributed by atoms with E-state index in [2.05, 4.69) is 11.9 Å². The Morgan fingerprint density at radius 2 is 2.50 bits per heavy atom. The predicted octanol–water partition coefficient (Wildman–Crippen LogP) is 1.26. The summed E-state index contributed by atoms with van der Waals surface area (Å²) in [5, 5.41) is 0. The van der Waals surface area contributed by atoms with E-state index in [0.29, 0.717) is 6.10 Å². The highest BCUT2D eigenvalue weighted by Gasteiger charge is 2.27. The minimum absolute atomic E-state index is 0.392. The van der Waals surface area contributed by atoms with Crippen molar-refractivity contribution in [2.75, 3.05) is 13.2 Å². The Kier molecular flexibility index (Phi) is 1.49. The fraction of sp³-hybridized carbons (Fsp3) is 0.875. The summed E-state index contributed by atoms with van der Waals surface area (Å²) in [5.41, 5.74) is 1.32. The van der Waals surface area contributed by atoms with Crippen molar-refractivity contribution in [2.24, 2.45) is 10.9 Å². The molecule has 0 spiro atoms. The largest absolute Gasteiger partial charge is 0.372 e. The second-order valence-electron chi connectivity index (χ2n) is 3.28. The molecule has 0 N–H and O–H groups in total. The molecule has 2 nitrogen and oxygen atoms in total. The summed E-state index contributed by atoms with van der Waals surface area (Å²) in [5.74, 6) is 0.729. The Labute approximate surface area is 61.3 Å². The molecule has 2 rings (SSSR count). The first-order valence-corrected chi connectivity index (χ1v) is 4.01. The molecule has 0 radical (unpaired) electrons. The molecule has 0 amide bonds. The third kappa shape index (κ3) is 0.966. The molecule has 2 aliphatic rings. The summed E-state index contributed by atoms with van der Waals surface area (Å²) >= 11 is 0. The van der Waals surface area contributed by atoms with Gasteiger partial charge in [0.15, 0.2) is 0 Å². The summed E-state index contributed by atoms with van der Waals surface area (Å²) in [6.45, 7) is 4.16. The molecule has 0 saturated carbocycles. The van der Waals surface area contributed by atoms with Crippen LogP contribution in [-0.4, -0.2) is 25.0 Å². The van der Waals surface area contributed by atoms with Crippen LogP contribution in [0.2, 0.25) is 0 Å². The van der Waals surface area contributed by atoms with Crippen LogP contribution in [0.1, 0.15) is 19.8 Å². The molecule has 56 valence electrons. The molecule has 0 aromatic rings. The average molecular weight is 139 g/mol. The van der Waals surface area contributed by atoms with Crippen molar-refractivity contribution < 1.29 is 4.74 Å².